The van der Waals surface area contributed by atoms with E-state index in [0.29, 0.717) is 11.3 Å². The van der Waals surface area contributed by atoms with Crippen LogP contribution in [0.2, 0.25) is 0 Å². The van der Waals surface area contributed by atoms with Crippen molar-refractivity contribution in [2.45, 2.75) is 6.92 Å². The average molecular weight is 283 g/mol. The van der Waals surface area contributed by atoms with Crippen molar-refractivity contribution < 1.29 is 19.2 Å². The number of fused-ring (bicyclic) bond motifs is 1. The maximum absolute atomic E-state index is 10.7. The summed E-state index contributed by atoms with van der Waals surface area (Å²) in [6.45, 7) is 1.33. The van der Waals surface area contributed by atoms with Gasteiger partial charge in [-0.15, -0.1) is 0 Å². The van der Waals surface area contributed by atoms with E-state index in [2.05, 4.69) is 5.16 Å². The lowest BCUT2D eigenvalue weighted by atomic mass is 9.99. The number of ether oxygens (including phenoxy) is 1. The topological polar surface area (TPSA) is 72.6 Å². The van der Waals surface area contributed by atoms with Crippen molar-refractivity contribution in [3.8, 4) is 17.1 Å². The summed E-state index contributed by atoms with van der Waals surface area (Å²) in [5, 5.41) is 14.7. The summed E-state index contributed by atoms with van der Waals surface area (Å²) in [7, 11) is 0. The average Bonchev–Trinajstić information content (AvgIpc) is 2.85. The summed E-state index contributed by atoms with van der Waals surface area (Å²) in [6, 6.07) is 13.8. The smallest absolute Gasteiger partial charge is 0.341 e. The number of benzene rings is 2. The third-order valence-corrected chi connectivity index (χ3v) is 3.22. The van der Waals surface area contributed by atoms with Crippen LogP contribution in [0.25, 0.3) is 21.9 Å². The summed E-state index contributed by atoms with van der Waals surface area (Å²) in [6.07, 6.45) is 0. The predicted molar refractivity (Wildman–Crippen MR) is 77.3 cm³/mol. The molecule has 1 aromatic heterocycles. The van der Waals surface area contributed by atoms with Gasteiger partial charge >= 0.3 is 11.9 Å². The van der Waals surface area contributed by atoms with Gasteiger partial charge in [-0.05, 0) is 23.3 Å². The predicted octanol–water partition coefficient (Wildman–Crippen LogP) is 3.27. The Balaban J connectivity index is 2.14. The minimum atomic E-state index is -1.06. The van der Waals surface area contributed by atoms with Crippen LogP contribution in [0.15, 0.2) is 47.0 Å². The van der Waals surface area contributed by atoms with Gasteiger partial charge in [0, 0.05) is 0 Å². The standard InChI is InChI=1S/C16H13NO4/c1-10-15(16(21-17-10)20-9-14(18)19)13-8-4-6-11-5-2-3-7-12(11)13/h2-8H,9H2,1H3,(H,18,19). The number of carboxylic acids is 1. The molecule has 21 heavy (non-hydrogen) atoms. The molecule has 0 saturated carbocycles. The third kappa shape index (κ3) is 2.45. The normalized spacial score (nSPS) is 10.7. The molecule has 1 N–H and O–H groups in total. The van der Waals surface area contributed by atoms with Crippen LogP contribution in [0, 0.1) is 6.92 Å². The number of nitrogens with zero attached hydrogens (tertiary/aromatic N) is 1. The van der Waals surface area contributed by atoms with Crippen molar-refractivity contribution in [3.05, 3.63) is 48.2 Å². The number of rotatable bonds is 4. The lowest BCUT2D eigenvalue weighted by Crippen LogP contribution is -2.09. The van der Waals surface area contributed by atoms with Crippen molar-refractivity contribution in [1.82, 2.24) is 5.16 Å². The van der Waals surface area contributed by atoms with Gasteiger partial charge in [0.05, 0.1) is 11.3 Å². The van der Waals surface area contributed by atoms with Gasteiger partial charge in [-0.1, -0.05) is 47.6 Å². The molecule has 5 heteroatoms. The molecule has 0 fully saturated rings. The molecular formula is C16H13NO4. The van der Waals surface area contributed by atoms with Crippen molar-refractivity contribution in [2.24, 2.45) is 0 Å². The Morgan fingerprint density at radius 1 is 1.24 bits per heavy atom. The second kappa shape index (κ2) is 5.28. The molecule has 0 saturated heterocycles. The van der Waals surface area contributed by atoms with Gasteiger partial charge < -0.3 is 14.4 Å². The molecule has 106 valence electrons. The molecule has 1 heterocycles. The number of carbonyl (C=O) groups is 1. The molecule has 0 radical (unpaired) electrons. The Kier molecular flexibility index (Phi) is 3.31. The summed E-state index contributed by atoms with van der Waals surface area (Å²) in [5.41, 5.74) is 2.26. The van der Waals surface area contributed by atoms with Crippen molar-refractivity contribution in [2.75, 3.05) is 6.61 Å². The fraction of sp³-hybridized carbons (Fsp3) is 0.125. The van der Waals surface area contributed by atoms with Crippen LogP contribution in [0.1, 0.15) is 5.69 Å². The number of hydrogen-bond acceptors (Lipinski definition) is 4. The van der Waals surface area contributed by atoms with Gasteiger partial charge in [0.1, 0.15) is 0 Å². The summed E-state index contributed by atoms with van der Waals surface area (Å²) in [5.74, 6) is -0.931. The Bertz CT molecular complexity index is 802. The zero-order chi connectivity index (χ0) is 14.8. The van der Waals surface area contributed by atoms with Crippen LogP contribution < -0.4 is 4.74 Å². The van der Waals surface area contributed by atoms with Gasteiger partial charge in [-0.2, -0.15) is 0 Å². The van der Waals surface area contributed by atoms with E-state index in [0.717, 1.165) is 16.3 Å². The Hall–Kier alpha value is -2.82. The second-order valence-corrected chi connectivity index (χ2v) is 4.64. The first-order chi connectivity index (χ1) is 10.2. The van der Waals surface area contributed by atoms with Crippen LogP contribution >= 0.6 is 0 Å². The minimum absolute atomic E-state index is 0.131. The highest BCUT2D eigenvalue weighted by molar-refractivity contribution is 5.98. The lowest BCUT2D eigenvalue weighted by molar-refractivity contribution is -0.139. The maximum Gasteiger partial charge on any atom is 0.341 e. The van der Waals surface area contributed by atoms with E-state index in [-0.39, 0.29) is 5.95 Å². The van der Waals surface area contributed by atoms with Crippen molar-refractivity contribution >= 4 is 16.7 Å². The van der Waals surface area contributed by atoms with Crippen LogP contribution in [0.5, 0.6) is 5.95 Å². The quantitative estimate of drug-likeness (QED) is 0.795. The number of carboxylic acid groups (broad SMARTS) is 1. The lowest BCUT2D eigenvalue weighted by Gasteiger charge is -2.07. The van der Waals surface area contributed by atoms with E-state index in [1.807, 2.05) is 42.5 Å². The molecular weight excluding hydrogens is 270 g/mol. The van der Waals surface area contributed by atoms with Crippen LogP contribution in [-0.2, 0) is 4.79 Å². The highest BCUT2D eigenvalue weighted by Crippen LogP contribution is 2.37. The van der Waals surface area contributed by atoms with Crippen LogP contribution in [0.4, 0.5) is 0 Å². The van der Waals surface area contributed by atoms with Gasteiger partial charge in [0.25, 0.3) is 0 Å². The molecule has 0 amide bonds. The summed E-state index contributed by atoms with van der Waals surface area (Å²) >= 11 is 0. The second-order valence-electron chi connectivity index (χ2n) is 4.64. The van der Waals surface area contributed by atoms with Crippen LogP contribution in [0.3, 0.4) is 0 Å². The van der Waals surface area contributed by atoms with Crippen molar-refractivity contribution in [1.29, 1.82) is 0 Å². The van der Waals surface area contributed by atoms with Gasteiger partial charge in [0.15, 0.2) is 6.61 Å². The van der Waals surface area contributed by atoms with E-state index in [1.54, 1.807) is 6.92 Å². The fourth-order valence-corrected chi connectivity index (χ4v) is 2.32. The fourth-order valence-electron chi connectivity index (χ4n) is 2.32. The molecule has 5 nitrogen and oxygen atoms in total. The number of hydrogen-bond donors (Lipinski definition) is 1. The molecule has 0 aliphatic heterocycles. The molecule has 2 aromatic carbocycles. The Morgan fingerprint density at radius 3 is 2.81 bits per heavy atom. The zero-order valence-corrected chi connectivity index (χ0v) is 11.4. The summed E-state index contributed by atoms with van der Waals surface area (Å²) in [4.78, 5) is 10.7. The monoisotopic (exact) mass is 283 g/mol. The van der Waals surface area contributed by atoms with Gasteiger partial charge in [-0.25, -0.2) is 4.79 Å². The minimum Gasteiger partial charge on any atom is -0.479 e. The molecule has 3 aromatic rings. The molecule has 0 atom stereocenters. The maximum atomic E-state index is 10.7. The molecule has 0 aliphatic carbocycles. The number of aliphatic carboxylic acids is 1. The largest absolute Gasteiger partial charge is 0.479 e. The molecule has 0 spiro atoms. The molecule has 0 bridgehead atoms. The Morgan fingerprint density at radius 2 is 2.00 bits per heavy atom. The van der Waals surface area contributed by atoms with Crippen molar-refractivity contribution in [3.63, 3.8) is 0 Å². The zero-order valence-electron chi connectivity index (χ0n) is 11.4. The summed E-state index contributed by atoms with van der Waals surface area (Å²) < 4.78 is 10.3. The SMILES string of the molecule is Cc1noc(OCC(=O)O)c1-c1cccc2ccccc12. The van der Waals surface area contributed by atoms with Gasteiger partial charge in [0.2, 0.25) is 0 Å². The van der Waals surface area contributed by atoms with E-state index in [9.17, 15) is 4.79 Å². The Labute approximate surface area is 120 Å². The molecule has 0 unspecified atom stereocenters. The highest BCUT2D eigenvalue weighted by Gasteiger charge is 2.19. The first kappa shape index (κ1) is 13.2. The van der Waals surface area contributed by atoms with Gasteiger partial charge in [-0.3, -0.25) is 0 Å². The van der Waals surface area contributed by atoms with E-state index in [4.69, 9.17) is 14.4 Å². The first-order valence-corrected chi connectivity index (χ1v) is 6.46. The van der Waals surface area contributed by atoms with E-state index in [1.165, 1.54) is 0 Å². The van der Waals surface area contributed by atoms with Crippen LogP contribution in [-0.4, -0.2) is 22.8 Å². The molecule has 3 rings (SSSR count). The third-order valence-electron chi connectivity index (χ3n) is 3.22. The highest BCUT2D eigenvalue weighted by atomic mass is 16.6. The molecule has 0 aliphatic rings. The van der Waals surface area contributed by atoms with E-state index < -0.39 is 12.6 Å². The first-order valence-electron chi connectivity index (χ1n) is 6.46. The van der Waals surface area contributed by atoms with E-state index >= 15 is 0 Å². The number of aryl methyl sites for hydroxylation is 1. The number of aromatic nitrogens is 1.